The molecule has 4 heteroatoms. The number of halogens is 1. The highest BCUT2D eigenvalue weighted by Crippen LogP contribution is 2.34. The van der Waals surface area contributed by atoms with Gasteiger partial charge in [-0.05, 0) is 19.4 Å². The van der Waals surface area contributed by atoms with Crippen LogP contribution < -0.4 is 4.74 Å². The fraction of sp³-hybridized carbons (Fsp3) is 0.417. The topological polar surface area (TPSA) is 35.5 Å². The van der Waals surface area contributed by atoms with Crippen LogP contribution >= 0.6 is 11.6 Å². The van der Waals surface area contributed by atoms with Gasteiger partial charge in [0, 0.05) is 5.56 Å². The van der Waals surface area contributed by atoms with Gasteiger partial charge in [0.1, 0.15) is 5.75 Å². The zero-order chi connectivity index (χ0) is 12.3. The molecular formula is C12H15ClO3. The summed E-state index contributed by atoms with van der Waals surface area (Å²) in [6.45, 7) is 3.85. The number of rotatable bonds is 3. The van der Waals surface area contributed by atoms with Gasteiger partial charge in [-0.3, -0.25) is 4.79 Å². The maximum atomic E-state index is 11.4. The van der Waals surface area contributed by atoms with Crippen molar-refractivity contribution in [2.24, 2.45) is 0 Å². The van der Waals surface area contributed by atoms with Gasteiger partial charge in [-0.25, -0.2) is 0 Å². The molecule has 16 heavy (non-hydrogen) atoms. The van der Waals surface area contributed by atoms with E-state index in [0.29, 0.717) is 11.3 Å². The summed E-state index contributed by atoms with van der Waals surface area (Å²) in [7, 11) is 2.87. The summed E-state index contributed by atoms with van der Waals surface area (Å²) in [5, 5.41) is -0.835. The van der Waals surface area contributed by atoms with Crippen LogP contribution in [0, 0.1) is 13.8 Å². The fourth-order valence-corrected chi connectivity index (χ4v) is 1.94. The number of aryl methyl sites for hydroxylation is 2. The zero-order valence-corrected chi connectivity index (χ0v) is 10.6. The molecule has 1 rings (SSSR count). The quantitative estimate of drug-likeness (QED) is 0.604. The van der Waals surface area contributed by atoms with Gasteiger partial charge in [-0.1, -0.05) is 17.7 Å². The highest BCUT2D eigenvalue weighted by molar-refractivity contribution is 6.30. The van der Waals surface area contributed by atoms with Gasteiger partial charge >= 0.3 is 5.97 Å². The molecule has 0 saturated carbocycles. The SMILES string of the molecule is COC(=O)C(Cl)c1cc(C)cc(C)c1OC. The molecule has 0 heterocycles. The van der Waals surface area contributed by atoms with Crippen molar-refractivity contribution in [1.82, 2.24) is 0 Å². The fourth-order valence-electron chi connectivity index (χ4n) is 1.68. The van der Waals surface area contributed by atoms with E-state index in [1.807, 2.05) is 26.0 Å². The number of carbonyl (C=O) groups excluding carboxylic acids is 1. The first-order valence-corrected chi connectivity index (χ1v) is 5.32. The molecule has 1 unspecified atom stereocenters. The summed E-state index contributed by atoms with van der Waals surface area (Å²) in [6, 6.07) is 3.81. The van der Waals surface area contributed by atoms with Gasteiger partial charge in [0.05, 0.1) is 14.2 Å². The number of ether oxygens (including phenoxy) is 2. The van der Waals surface area contributed by atoms with E-state index in [1.54, 1.807) is 7.11 Å². The second kappa shape index (κ2) is 5.21. The van der Waals surface area contributed by atoms with Crippen LogP contribution in [-0.2, 0) is 9.53 Å². The highest BCUT2D eigenvalue weighted by Gasteiger charge is 2.23. The van der Waals surface area contributed by atoms with Crippen molar-refractivity contribution in [3.63, 3.8) is 0 Å². The van der Waals surface area contributed by atoms with Gasteiger partial charge in [0.15, 0.2) is 5.38 Å². The largest absolute Gasteiger partial charge is 0.496 e. The average molecular weight is 243 g/mol. The van der Waals surface area contributed by atoms with E-state index in [1.165, 1.54) is 7.11 Å². The Labute approximate surface area is 100 Å². The van der Waals surface area contributed by atoms with Crippen molar-refractivity contribution >= 4 is 17.6 Å². The Morgan fingerprint density at radius 1 is 1.31 bits per heavy atom. The molecule has 0 aromatic heterocycles. The maximum absolute atomic E-state index is 11.4. The molecule has 0 spiro atoms. The highest BCUT2D eigenvalue weighted by atomic mass is 35.5. The van der Waals surface area contributed by atoms with Crippen LogP contribution in [0.1, 0.15) is 22.1 Å². The van der Waals surface area contributed by atoms with Crippen LogP contribution in [0.4, 0.5) is 0 Å². The van der Waals surface area contributed by atoms with E-state index in [9.17, 15) is 4.79 Å². The molecule has 0 bridgehead atoms. The lowest BCUT2D eigenvalue weighted by Crippen LogP contribution is -2.10. The number of esters is 1. The zero-order valence-electron chi connectivity index (χ0n) is 9.83. The summed E-state index contributed by atoms with van der Waals surface area (Å²) in [5.41, 5.74) is 2.63. The smallest absolute Gasteiger partial charge is 0.328 e. The number of methoxy groups -OCH3 is 2. The van der Waals surface area contributed by atoms with Crippen molar-refractivity contribution in [2.75, 3.05) is 14.2 Å². The molecule has 0 N–H and O–H groups in total. The monoisotopic (exact) mass is 242 g/mol. The number of carbonyl (C=O) groups is 1. The van der Waals surface area contributed by atoms with E-state index in [0.717, 1.165) is 11.1 Å². The Morgan fingerprint density at radius 2 is 1.94 bits per heavy atom. The molecule has 0 aliphatic carbocycles. The van der Waals surface area contributed by atoms with Crippen molar-refractivity contribution < 1.29 is 14.3 Å². The van der Waals surface area contributed by atoms with Gasteiger partial charge < -0.3 is 9.47 Å². The first kappa shape index (κ1) is 12.8. The van der Waals surface area contributed by atoms with Crippen molar-refractivity contribution in [1.29, 1.82) is 0 Å². The molecule has 1 aromatic carbocycles. The third-order valence-corrected chi connectivity index (χ3v) is 2.75. The summed E-state index contributed by atoms with van der Waals surface area (Å²) in [6.07, 6.45) is 0. The minimum atomic E-state index is -0.835. The molecule has 0 radical (unpaired) electrons. The molecule has 1 aromatic rings. The molecule has 0 aliphatic heterocycles. The molecule has 0 aliphatic rings. The van der Waals surface area contributed by atoms with Gasteiger partial charge in [0.2, 0.25) is 0 Å². The normalized spacial score (nSPS) is 12.1. The Kier molecular flexibility index (Phi) is 4.19. The Morgan fingerprint density at radius 3 is 2.44 bits per heavy atom. The third-order valence-electron chi connectivity index (χ3n) is 2.33. The van der Waals surface area contributed by atoms with E-state index >= 15 is 0 Å². The van der Waals surface area contributed by atoms with E-state index in [-0.39, 0.29) is 0 Å². The number of hydrogen-bond acceptors (Lipinski definition) is 3. The first-order valence-electron chi connectivity index (χ1n) is 4.88. The van der Waals surface area contributed by atoms with Crippen LogP contribution in [-0.4, -0.2) is 20.2 Å². The second-order valence-corrected chi connectivity index (χ2v) is 4.03. The van der Waals surface area contributed by atoms with E-state index in [4.69, 9.17) is 16.3 Å². The van der Waals surface area contributed by atoms with E-state index in [2.05, 4.69) is 4.74 Å². The minimum Gasteiger partial charge on any atom is -0.496 e. The van der Waals surface area contributed by atoms with Crippen LogP contribution in [0.5, 0.6) is 5.75 Å². The van der Waals surface area contributed by atoms with Gasteiger partial charge in [0.25, 0.3) is 0 Å². The predicted molar refractivity (Wildman–Crippen MR) is 63.1 cm³/mol. The number of hydrogen-bond donors (Lipinski definition) is 0. The molecule has 3 nitrogen and oxygen atoms in total. The molecule has 0 saturated heterocycles. The van der Waals surface area contributed by atoms with E-state index < -0.39 is 11.3 Å². The molecule has 0 fully saturated rings. The standard InChI is InChI=1S/C12H15ClO3/c1-7-5-8(2)11(15-3)9(6-7)10(13)12(14)16-4/h5-6,10H,1-4H3. The van der Waals surface area contributed by atoms with Gasteiger partial charge in [-0.2, -0.15) is 0 Å². The molecule has 88 valence electrons. The Bertz CT molecular complexity index is 401. The summed E-state index contributed by atoms with van der Waals surface area (Å²) >= 11 is 6.03. The average Bonchev–Trinajstić information content (AvgIpc) is 2.26. The van der Waals surface area contributed by atoms with Crippen molar-refractivity contribution in [3.05, 3.63) is 28.8 Å². The Hall–Kier alpha value is -1.22. The first-order chi connectivity index (χ1) is 7.51. The van der Waals surface area contributed by atoms with Crippen LogP contribution in [0.3, 0.4) is 0 Å². The third kappa shape index (κ3) is 2.47. The number of benzene rings is 1. The minimum absolute atomic E-state index is 0.482. The summed E-state index contributed by atoms with van der Waals surface area (Å²) in [4.78, 5) is 11.4. The second-order valence-electron chi connectivity index (χ2n) is 3.59. The molecule has 1 atom stereocenters. The lowest BCUT2D eigenvalue weighted by atomic mass is 10.0. The van der Waals surface area contributed by atoms with Crippen LogP contribution in [0.2, 0.25) is 0 Å². The maximum Gasteiger partial charge on any atom is 0.328 e. The predicted octanol–water partition coefficient (Wildman–Crippen LogP) is 2.76. The van der Waals surface area contributed by atoms with Crippen LogP contribution in [0.15, 0.2) is 12.1 Å². The lowest BCUT2D eigenvalue weighted by molar-refractivity contribution is -0.140. The van der Waals surface area contributed by atoms with Crippen LogP contribution in [0.25, 0.3) is 0 Å². The molecular weight excluding hydrogens is 228 g/mol. The molecule has 0 amide bonds. The Balaban J connectivity index is 3.25. The summed E-state index contributed by atoms with van der Waals surface area (Å²) in [5.74, 6) is 0.154. The lowest BCUT2D eigenvalue weighted by Gasteiger charge is -2.15. The van der Waals surface area contributed by atoms with Crippen molar-refractivity contribution in [3.8, 4) is 5.75 Å². The van der Waals surface area contributed by atoms with Gasteiger partial charge in [-0.15, -0.1) is 11.6 Å². The number of alkyl halides is 1. The van der Waals surface area contributed by atoms with Crippen molar-refractivity contribution in [2.45, 2.75) is 19.2 Å². The summed E-state index contributed by atoms with van der Waals surface area (Å²) < 4.78 is 9.87.